The zero-order chi connectivity index (χ0) is 14.6. The second-order valence-corrected chi connectivity index (χ2v) is 7.06. The average molecular weight is 316 g/mol. The van der Waals surface area contributed by atoms with Crippen molar-refractivity contribution in [3.05, 3.63) is 14.5 Å². The third-order valence-electron chi connectivity index (χ3n) is 3.79. The van der Waals surface area contributed by atoms with Crippen LogP contribution in [0.1, 0.15) is 23.4 Å². The Kier molecular flexibility index (Phi) is 5.31. The fraction of sp³-hybridized carbons (Fsp3) is 0.692. The maximum Gasteiger partial charge on any atom is 0.225 e. The maximum atomic E-state index is 12.0. The van der Waals surface area contributed by atoms with Crippen molar-refractivity contribution < 1.29 is 14.6 Å². The number of hydrogen-bond donors (Lipinski definition) is 3. The molecule has 1 aliphatic heterocycles. The van der Waals surface area contributed by atoms with Gasteiger partial charge in [0.25, 0.3) is 0 Å². The van der Waals surface area contributed by atoms with Crippen molar-refractivity contribution in [2.45, 2.75) is 26.2 Å². The molecule has 7 heteroatoms. The average Bonchev–Trinajstić information content (AvgIpc) is 2.76. The van der Waals surface area contributed by atoms with Gasteiger partial charge in [-0.2, -0.15) is 0 Å². The van der Waals surface area contributed by atoms with Gasteiger partial charge in [0.1, 0.15) is 0 Å². The first kappa shape index (κ1) is 15.6. The van der Waals surface area contributed by atoms with E-state index in [0.717, 1.165) is 23.4 Å². The van der Waals surface area contributed by atoms with Crippen LogP contribution in [0.25, 0.3) is 0 Å². The van der Waals surface area contributed by atoms with Crippen LogP contribution in [0.2, 0.25) is 0 Å². The number of aliphatic hydroxyl groups excluding tert-OH is 1. The number of aromatic nitrogens is 1. The molecular formula is C13H20N2O3S2. The fourth-order valence-corrected chi connectivity index (χ4v) is 3.59. The SMILES string of the molecule is Cc1[nH]c(=S)sc1CC(=O)NCC1(CO)CCOCC1. The van der Waals surface area contributed by atoms with Gasteiger partial charge in [0.2, 0.25) is 5.91 Å². The second-order valence-electron chi connectivity index (χ2n) is 5.29. The van der Waals surface area contributed by atoms with Crippen LogP contribution in [0.5, 0.6) is 0 Å². The van der Waals surface area contributed by atoms with E-state index in [-0.39, 0.29) is 17.9 Å². The Morgan fingerprint density at radius 1 is 1.55 bits per heavy atom. The number of aliphatic hydroxyl groups is 1. The van der Waals surface area contributed by atoms with Crippen LogP contribution in [-0.4, -0.2) is 42.4 Å². The van der Waals surface area contributed by atoms with E-state index in [1.165, 1.54) is 11.3 Å². The summed E-state index contributed by atoms with van der Waals surface area (Å²) < 4.78 is 6.01. The molecule has 1 fully saturated rings. The summed E-state index contributed by atoms with van der Waals surface area (Å²) in [6.07, 6.45) is 1.90. The number of aromatic amines is 1. The molecule has 5 nitrogen and oxygen atoms in total. The molecule has 1 amide bonds. The van der Waals surface area contributed by atoms with E-state index in [0.29, 0.717) is 30.1 Å². The Bertz CT molecular complexity index is 518. The Labute approximate surface area is 127 Å². The Balaban J connectivity index is 1.88. The Morgan fingerprint density at radius 2 is 2.25 bits per heavy atom. The van der Waals surface area contributed by atoms with Crippen LogP contribution in [0, 0.1) is 16.3 Å². The molecule has 0 aromatic carbocycles. The van der Waals surface area contributed by atoms with E-state index in [1.807, 2.05) is 6.92 Å². The van der Waals surface area contributed by atoms with Crippen LogP contribution >= 0.6 is 23.6 Å². The number of amides is 1. The molecule has 2 rings (SSSR count). The molecule has 1 saturated heterocycles. The van der Waals surface area contributed by atoms with Gasteiger partial charge in [-0.15, -0.1) is 11.3 Å². The highest BCUT2D eigenvalue weighted by Crippen LogP contribution is 2.29. The molecule has 0 atom stereocenters. The standard InChI is InChI=1S/C13H20N2O3S2/c1-9-10(20-12(19)15-9)6-11(17)14-7-13(8-16)2-4-18-5-3-13/h16H,2-8H2,1H3,(H,14,17)(H,15,19). The zero-order valence-electron chi connectivity index (χ0n) is 11.5. The number of ether oxygens (including phenoxy) is 1. The maximum absolute atomic E-state index is 12.0. The summed E-state index contributed by atoms with van der Waals surface area (Å²) >= 11 is 6.50. The number of carbonyl (C=O) groups is 1. The van der Waals surface area contributed by atoms with Gasteiger partial charge in [0, 0.05) is 35.7 Å². The van der Waals surface area contributed by atoms with Crippen molar-refractivity contribution in [1.82, 2.24) is 10.3 Å². The minimum atomic E-state index is -0.228. The van der Waals surface area contributed by atoms with E-state index in [1.54, 1.807) is 0 Å². The first-order valence-electron chi connectivity index (χ1n) is 6.68. The van der Waals surface area contributed by atoms with Crippen molar-refractivity contribution in [2.24, 2.45) is 5.41 Å². The van der Waals surface area contributed by atoms with Crippen LogP contribution in [-0.2, 0) is 16.0 Å². The van der Waals surface area contributed by atoms with Gasteiger partial charge in [0.05, 0.1) is 13.0 Å². The van der Waals surface area contributed by atoms with Gasteiger partial charge >= 0.3 is 0 Å². The van der Waals surface area contributed by atoms with Crippen molar-refractivity contribution in [3.8, 4) is 0 Å². The lowest BCUT2D eigenvalue weighted by molar-refractivity contribution is -0.121. The zero-order valence-corrected chi connectivity index (χ0v) is 13.2. The van der Waals surface area contributed by atoms with Crippen LogP contribution in [0.15, 0.2) is 0 Å². The number of aryl methyl sites for hydroxylation is 1. The molecule has 0 aliphatic carbocycles. The summed E-state index contributed by atoms with van der Waals surface area (Å²) in [5, 5.41) is 12.5. The fourth-order valence-electron chi connectivity index (χ4n) is 2.30. The van der Waals surface area contributed by atoms with Crippen LogP contribution < -0.4 is 5.32 Å². The molecule has 1 aromatic heterocycles. The third kappa shape index (κ3) is 3.88. The van der Waals surface area contributed by atoms with Gasteiger partial charge in [-0.25, -0.2) is 0 Å². The number of carbonyl (C=O) groups excluding carboxylic acids is 1. The molecular weight excluding hydrogens is 296 g/mol. The first-order valence-corrected chi connectivity index (χ1v) is 7.91. The van der Waals surface area contributed by atoms with Gasteiger partial charge in [0.15, 0.2) is 3.95 Å². The van der Waals surface area contributed by atoms with E-state index < -0.39 is 0 Å². The summed E-state index contributed by atoms with van der Waals surface area (Å²) in [4.78, 5) is 16.0. The van der Waals surface area contributed by atoms with Gasteiger partial charge < -0.3 is 20.1 Å². The predicted molar refractivity (Wildman–Crippen MR) is 80.5 cm³/mol. The quantitative estimate of drug-likeness (QED) is 0.721. The second kappa shape index (κ2) is 6.80. The van der Waals surface area contributed by atoms with E-state index >= 15 is 0 Å². The van der Waals surface area contributed by atoms with Gasteiger partial charge in [-0.3, -0.25) is 4.79 Å². The van der Waals surface area contributed by atoms with Crippen molar-refractivity contribution >= 4 is 29.5 Å². The number of thiazole rings is 1. The van der Waals surface area contributed by atoms with Gasteiger partial charge in [-0.05, 0) is 32.0 Å². The molecule has 20 heavy (non-hydrogen) atoms. The highest BCUT2D eigenvalue weighted by Gasteiger charge is 2.32. The summed E-state index contributed by atoms with van der Waals surface area (Å²) in [6.45, 7) is 3.80. The number of hydrogen-bond acceptors (Lipinski definition) is 5. The van der Waals surface area contributed by atoms with Gasteiger partial charge in [-0.1, -0.05) is 0 Å². The molecule has 0 spiro atoms. The van der Waals surface area contributed by atoms with Crippen molar-refractivity contribution in [1.29, 1.82) is 0 Å². The largest absolute Gasteiger partial charge is 0.396 e. The summed E-state index contributed by atoms with van der Waals surface area (Å²) in [5.41, 5.74) is 0.728. The van der Waals surface area contributed by atoms with Crippen molar-refractivity contribution in [2.75, 3.05) is 26.4 Å². The number of nitrogens with one attached hydrogen (secondary N) is 2. The highest BCUT2D eigenvalue weighted by atomic mass is 32.1. The molecule has 112 valence electrons. The first-order chi connectivity index (χ1) is 9.54. The Morgan fingerprint density at radius 3 is 2.80 bits per heavy atom. The van der Waals surface area contributed by atoms with E-state index in [9.17, 15) is 9.90 Å². The predicted octanol–water partition coefficient (Wildman–Crippen LogP) is 1.56. The van der Waals surface area contributed by atoms with E-state index in [2.05, 4.69) is 10.3 Å². The minimum Gasteiger partial charge on any atom is -0.396 e. The molecule has 0 bridgehead atoms. The minimum absolute atomic E-state index is 0.0299. The van der Waals surface area contributed by atoms with E-state index in [4.69, 9.17) is 17.0 Å². The molecule has 2 heterocycles. The molecule has 0 radical (unpaired) electrons. The lowest BCUT2D eigenvalue weighted by Crippen LogP contribution is -2.44. The van der Waals surface area contributed by atoms with Crippen LogP contribution in [0.3, 0.4) is 0 Å². The molecule has 1 aromatic rings. The molecule has 0 saturated carbocycles. The lowest BCUT2D eigenvalue weighted by Gasteiger charge is -2.35. The summed E-state index contributed by atoms with van der Waals surface area (Å²) in [5.74, 6) is -0.0299. The Hall–Kier alpha value is -0.760. The monoisotopic (exact) mass is 316 g/mol. The lowest BCUT2D eigenvalue weighted by atomic mass is 9.81. The summed E-state index contributed by atoms with van der Waals surface area (Å²) in [7, 11) is 0. The molecule has 1 aliphatic rings. The third-order valence-corrected chi connectivity index (χ3v) is 5.13. The highest BCUT2D eigenvalue weighted by molar-refractivity contribution is 7.73. The molecule has 0 unspecified atom stereocenters. The summed E-state index contributed by atoms with van der Waals surface area (Å²) in [6, 6.07) is 0. The smallest absolute Gasteiger partial charge is 0.225 e. The topological polar surface area (TPSA) is 74.4 Å². The molecule has 3 N–H and O–H groups in total. The normalized spacial score (nSPS) is 17.9. The van der Waals surface area contributed by atoms with Crippen LogP contribution in [0.4, 0.5) is 0 Å². The van der Waals surface area contributed by atoms with Crippen molar-refractivity contribution in [3.63, 3.8) is 0 Å². The number of rotatable bonds is 5. The number of H-pyrrole nitrogens is 1.